The second-order valence-electron chi connectivity index (χ2n) is 4.18. The lowest BCUT2D eigenvalue weighted by molar-refractivity contribution is -0.155. The van der Waals surface area contributed by atoms with E-state index in [1.54, 1.807) is 6.92 Å². The number of rotatable bonds is 2. The van der Waals surface area contributed by atoms with Gasteiger partial charge in [0, 0.05) is 13.1 Å². The molecular formula is C10H14N2O4. The fraction of sp³-hybridized carbons (Fsp3) is 0.700. The maximum absolute atomic E-state index is 11.2. The number of nitrogens with zero attached hydrogens (tertiary/aromatic N) is 2. The Morgan fingerprint density at radius 1 is 1.56 bits per heavy atom. The van der Waals surface area contributed by atoms with Gasteiger partial charge in [0.05, 0.1) is 17.9 Å². The molecule has 88 valence electrons. The molecule has 6 nitrogen and oxygen atoms in total. The van der Waals surface area contributed by atoms with Crippen molar-refractivity contribution in [3.63, 3.8) is 0 Å². The first-order valence-corrected chi connectivity index (χ1v) is 5.02. The summed E-state index contributed by atoms with van der Waals surface area (Å²) in [7, 11) is 0. The van der Waals surface area contributed by atoms with Crippen LogP contribution in [0, 0.1) is 22.7 Å². The predicted octanol–water partition coefficient (Wildman–Crippen LogP) is 0.991. The summed E-state index contributed by atoms with van der Waals surface area (Å²) >= 11 is 0. The van der Waals surface area contributed by atoms with E-state index in [4.69, 9.17) is 10.4 Å². The summed E-state index contributed by atoms with van der Waals surface area (Å²) in [6.45, 7) is 2.03. The van der Waals surface area contributed by atoms with Gasteiger partial charge in [-0.1, -0.05) is 6.92 Å². The minimum atomic E-state index is -1.10. The van der Waals surface area contributed by atoms with E-state index in [1.165, 1.54) is 4.90 Å². The number of hydrogen-bond acceptors (Lipinski definition) is 3. The number of aliphatic carboxylic acids is 1. The van der Waals surface area contributed by atoms with E-state index in [0.29, 0.717) is 0 Å². The summed E-state index contributed by atoms with van der Waals surface area (Å²) in [4.78, 5) is 23.2. The normalized spacial score (nSPS) is 29.5. The van der Waals surface area contributed by atoms with Crippen molar-refractivity contribution in [1.29, 1.82) is 5.26 Å². The van der Waals surface area contributed by atoms with Crippen LogP contribution in [0.2, 0.25) is 0 Å². The first kappa shape index (κ1) is 12.3. The zero-order chi connectivity index (χ0) is 12.3. The fourth-order valence-corrected chi connectivity index (χ4v) is 2.15. The van der Waals surface area contributed by atoms with E-state index >= 15 is 0 Å². The number of carboxylic acids is 1. The van der Waals surface area contributed by atoms with E-state index in [2.05, 4.69) is 0 Å². The molecule has 0 saturated carbocycles. The second kappa shape index (κ2) is 4.39. The number of nitriles is 1. The van der Waals surface area contributed by atoms with Gasteiger partial charge in [0.25, 0.3) is 0 Å². The van der Waals surface area contributed by atoms with Crippen molar-refractivity contribution in [2.45, 2.75) is 19.8 Å². The number of piperidine rings is 1. The Bertz CT molecular complexity index is 349. The molecule has 2 atom stereocenters. The summed E-state index contributed by atoms with van der Waals surface area (Å²) in [5.74, 6) is -1.36. The number of hydrogen-bond donors (Lipinski definition) is 2. The minimum Gasteiger partial charge on any atom is -0.481 e. The summed E-state index contributed by atoms with van der Waals surface area (Å²) in [6.07, 6.45) is -0.914. The Balaban J connectivity index is 2.88. The summed E-state index contributed by atoms with van der Waals surface area (Å²) in [5.41, 5.74) is -1.10. The van der Waals surface area contributed by atoms with Crippen molar-refractivity contribution in [3.05, 3.63) is 0 Å². The van der Waals surface area contributed by atoms with E-state index in [9.17, 15) is 14.7 Å². The molecule has 1 saturated heterocycles. The van der Waals surface area contributed by atoms with Crippen molar-refractivity contribution in [2.75, 3.05) is 13.1 Å². The average Bonchev–Trinajstić information content (AvgIpc) is 2.20. The molecule has 1 heterocycles. The van der Waals surface area contributed by atoms with Crippen molar-refractivity contribution in [2.24, 2.45) is 11.3 Å². The molecule has 0 aliphatic carbocycles. The van der Waals surface area contributed by atoms with Crippen LogP contribution < -0.4 is 0 Å². The molecule has 16 heavy (non-hydrogen) atoms. The lowest BCUT2D eigenvalue weighted by Gasteiger charge is -2.41. The highest BCUT2D eigenvalue weighted by Crippen LogP contribution is 2.39. The van der Waals surface area contributed by atoms with Crippen LogP contribution in [0.4, 0.5) is 4.79 Å². The lowest BCUT2D eigenvalue weighted by Crippen LogP contribution is -2.51. The van der Waals surface area contributed by atoms with Crippen molar-refractivity contribution in [3.8, 4) is 6.07 Å². The van der Waals surface area contributed by atoms with Gasteiger partial charge in [0.2, 0.25) is 0 Å². The van der Waals surface area contributed by atoms with Crippen LogP contribution >= 0.6 is 0 Å². The smallest absolute Gasteiger partial charge is 0.407 e. The molecule has 2 N–H and O–H groups in total. The van der Waals surface area contributed by atoms with Gasteiger partial charge < -0.3 is 15.1 Å². The quantitative estimate of drug-likeness (QED) is 0.731. The minimum absolute atomic E-state index is 0.0725. The first-order valence-electron chi connectivity index (χ1n) is 5.02. The van der Waals surface area contributed by atoms with Crippen LogP contribution in [0.25, 0.3) is 0 Å². The molecule has 0 aromatic heterocycles. The van der Waals surface area contributed by atoms with Crippen LogP contribution in [0.15, 0.2) is 0 Å². The molecule has 0 aromatic carbocycles. The highest BCUT2D eigenvalue weighted by Gasteiger charge is 2.47. The third-order valence-electron chi connectivity index (χ3n) is 3.36. The van der Waals surface area contributed by atoms with Crippen molar-refractivity contribution < 1.29 is 19.8 Å². The van der Waals surface area contributed by atoms with Gasteiger partial charge in [-0.25, -0.2) is 4.79 Å². The first-order chi connectivity index (χ1) is 7.44. The third-order valence-corrected chi connectivity index (χ3v) is 3.36. The van der Waals surface area contributed by atoms with Gasteiger partial charge in [0.15, 0.2) is 0 Å². The highest BCUT2D eigenvalue weighted by atomic mass is 16.4. The zero-order valence-corrected chi connectivity index (χ0v) is 9.01. The molecule has 1 aliphatic rings. The van der Waals surface area contributed by atoms with Gasteiger partial charge in [-0.05, 0) is 12.3 Å². The van der Waals surface area contributed by atoms with Gasteiger partial charge in [-0.2, -0.15) is 5.26 Å². The third kappa shape index (κ3) is 1.94. The van der Waals surface area contributed by atoms with E-state index in [-0.39, 0.29) is 31.8 Å². The van der Waals surface area contributed by atoms with E-state index in [1.807, 2.05) is 6.07 Å². The summed E-state index contributed by atoms with van der Waals surface area (Å²) < 4.78 is 0. The molecule has 0 aromatic rings. The van der Waals surface area contributed by atoms with Crippen molar-refractivity contribution >= 4 is 12.1 Å². The standard InChI is InChI=1S/C10H14N2O4/c1-7-6-12(9(15)16)5-3-10(7,2-4-11)8(13)14/h7H,2-3,5-6H2,1H3,(H,13,14)(H,15,16). The van der Waals surface area contributed by atoms with Crippen LogP contribution in [0.3, 0.4) is 0 Å². The SMILES string of the molecule is CC1CN(C(=O)O)CCC1(CC#N)C(=O)O. The number of carboxylic acid groups (broad SMARTS) is 2. The molecule has 0 spiro atoms. The summed E-state index contributed by atoms with van der Waals surface area (Å²) in [6, 6.07) is 1.89. The lowest BCUT2D eigenvalue weighted by atomic mass is 9.69. The van der Waals surface area contributed by atoms with Gasteiger partial charge >= 0.3 is 12.1 Å². The average molecular weight is 226 g/mol. The molecule has 1 aliphatic heterocycles. The Morgan fingerprint density at radius 2 is 2.19 bits per heavy atom. The molecule has 1 rings (SSSR count). The highest BCUT2D eigenvalue weighted by molar-refractivity contribution is 5.76. The monoisotopic (exact) mass is 226 g/mol. The van der Waals surface area contributed by atoms with E-state index < -0.39 is 17.5 Å². The fourth-order valence-electron chi connectivity index (χ4n) is 2.15. The maximum Gasteiger partial charge on any atom is 0.407 e. The van der Waals surface area contributed by atoms with Gasteiger partial charge in [-0.3, -0.25) is 4.79 Å². The zero-order valence-electron chi connectivity index (χ0n) is 9.01. The summed E-state index contributed by atoms with van der Waals surface area (Å²) in [5, 5.41) is 26.7. The predicted molar refractivity (Wildman–Crippen MR) is 53.7 cm³/mol. The molecule has 6 heteroatoms. The number of likely N-dealkylation sites (tertiary alicyclic amines) is 1. The molecule has 1 amide bonds. The second-order valence-corrected chi connectivity index (χ2v) is 4.18. The Morgan fingerprint density at radius 3 is 2.56 bits per heavy atom. The van der Waals surface area contributed by atoms with Gasteiger partial charge in [0.1, 0.15) is 0 Å². The Hall–Kier alpha value is -1.77. The van der Waals surface area contributed by atoms with Crippen molar-refractivity contribution in [1.82, 2.24) is 4.90 Å². The maximum atomic E-state index is 11.2. The van der Waals surface area contributed by atoms with Crippen LogP contribution in [0.1, 0.15) is 19.8 Å². The molecule has 0 radical (unpaired) electrons. The molecular weight excluding hydrogens is 212 g/mol. The topological polar surface area (TPSA) is 102 Å². The number of amides is 1. The van der Waals surface area contributed by atoms with Gasteiger partial charge in [-0.15, -0.1) is 0 Å². The van der Waals surface area contributed by atoms with Crippen LogP contribution in [-0.4, -0.2) is 40.3 Å². The largest absolute Gasteiger partial charge is 0.481 e. The Labute approximate surface area is 93.1 Å². The Kier molecular flexibility index (Phi) is 3.38. The number of carbonyl (C=O) groups is 2. The molecule has 0 bridgehead atoms. The van der Waals surface area contributed by atoms with E-state index in [0.717, 1.165) is 0 Å². The van der Waals surface area contributed by atoms with Crippen LogP contribution in [-0.2, 0) is 4.79 Å². The molecule has 1 fully saturated rings. The molecule has 2 unspecified atom stereocenters. The van der Waals surface area contributed by atoms with Crippen LogP contribution in [0.5, 0.6) is 0 Å².